The third-order valence-corrected chi connectivity index (χ3v) is 4.27. The van der Waals surface area contributed by atoms with Crippen LogP contribution in [0.2, 0.25) is 0 Å². The summed E-state index contributed by atoms with van der Waals surface area (Å²) >= 11 is 3.71. The van der Waals surface area contributed by atoms with Crippen molar-refractivity contribution in [3.8, 4) is 0 Å². The molecule has 17 heavy (non-hydrogen) atoms. The Kier molecular flexibility index (Phi) is 4.46. The maximum absolute atomic E-state index is 3.71. The maximum Gasteiger partial charge on any atom is 0.0413 e. The van der Waals surface area contributed by atoms with Gasteiger partial charge in [-0.25, -0.2) is 0 Å². The molecule has 0 radical (unpaired) electrons. The molecule has 1 aromatic carbocycles. The van der Waals surface area contributed by atoms with Crippen molar-refractivity contribution < 1.29 is 0 Å². The van der Waals surface area contributed by atoms with E-state index in [2.05, 4.69) is 51.3 Å². The van der Waals surface area contributed by atoms with Gasteiger partial charge in [0, 0.05) is 29.2 Å². The quantitative estimate of drug-likeness (QED) is 0.838. The molecule has 2 rings (SSSR count). The Morgan fingerprint density at radius 1 is 1.47 bits per heavy atom. The van der Waals surface area contributed by atoms with Crippen molar-refractivity contribution in [1.29, 1.82) is 0 Å². The highest BCUT2D eigenvalue weighted by Gasteiger charge is 2.28. The Morgan fingerprint density at radius 3 is 3.00 bits per heavy atom. The number of fused-ring (bicyclic) bond motifs is 1. The van der Waals surface area contributed by atoms with Crippen molar-refractivity contribution in [3.63, 3.8) is 0 Å². The number of benzene rings is 1. The van der Waals surface area contributed by atoms with E-state index in [0.717, 1.165) is 13.1 Å². The molecule has 0 spiro atoms. The van der Waals surface area contributed by atoms with Crippen LogP contribution < -0.4 is 10.2 Å². The molecular formula is C14H21BrN2. The molecule has 0 amide bonds. The summed E-state index contributed by atoms with van der Waals surface area (Å²) in [6.07, 6.45) is 2.52. The van der Waals surface area contributed by atoms with Crippen molar-refractivity contribution in [3.05, 3.63) is 28.2 Å². The molecule has 94 valence electrons. The van der Waals surface area contributed by atoms with Gasteiger partial charge in [0.2, 0.25) is 0 Å². The van der Waals surface area contributed by atoms with Gasteiger partial charge in [0.05, 0.1) is 0 Å². The summed E-state index contributed by atoms with van der Waals surface area (Å²) in [5.74, 6) is 0.689. The second kappa shape index (κ2) is 5.87. The minimum atomic E-state index is 0.689. The van der Waals surface area contributed by atoms with Crippen LogP contribution in [0, 0.1) is 0 Å². The lowest BCUT2D eigenvalue weighted by Crippen LogP contribution is -2.21. The molecule has 1 N–H and O–H groups in total. The minimum absolute atomic E-state index is 0.689. The molecule has 1 aliphatic rings. The number of likely N-dealkylation sites (N-methyl/N-ethyl adjacent to an activating group) is 1. The van der Waals surface area contributed by atoms with Crippen LogP contribution in [0.4, 0.5) is 5.69 Å². The molecule has 0 fully saturated rings. The van der Waals surface area contributed by atoms with Crippen LogP contribution in [0.1, 0.15) is 31.2 Å². The lowest BCUT2D eigenvalue weighted by atomic mass is 9.96. The van der Waals surface area contributed by atoms with Crippen LogP contribution in [-0.4, -0.2) is 26.7 Å². The Labute approximate surface area is 113 Å². The normalized spacial score (nSPS) is 18.5. The summed E-state index contributed by atoms with van der Waals surface area (Å²) in [5, 5.41) is 3.23. The van der Waals surface area contributed by atoms with Gasteiger partial charge in [-0.1, -0.05) is 22.0 Å². The molecule has 3 heteroatoms. The van der Waals surface area contributed by atoms with Gasteiger partial charge in [-0.15, -0.1) is 0 Å². The largest absolute Gasteiger partial charge is 0.371 e. The second-order valence-electron chi connectivity index (χ2n) is 4.65. The summed E-state index contributed by atoms with van der Waals surface area (Å²) in [5.41, 5.74) is 2.95. The molecule has 0 saturated carbocycles. The highest BCUT2D eigenvalue weighted by Crippen LogP contribution is 2.42. The lowest BCUT2D eigenvalue weighted by Gasteiger charge is -2.17. The van der Waals surface area contributed by atoms with Gasteiger partial charge in [0.15, 0.2) is 0 Å². The van der Waals surface area contributed by atoms with Crippen LogP contribution in [0.3, 0.4) is 0 Å². The lowest BCUT2D eigenvalue weighted by molar-refractivity contribution is 0.587. The van der Waals surface area contributed by atoms with E-state index in [4.69, 9.17) is 0 Å². The minimum Gasteiger partial charge on any atom is -0.371 e. The van der Waals surface area contributed by atoms with Gasteiger partial charge < -0.3 is 10.2 Å². The predicted octanol–water partition coefficient (Wildman–Crippen LogP) is 3.37. The van der Waals surface area contributed by atoms with E-state index in [1.54, 1.807) is 0 Å². The van der Waals surface area contributed by atoms with Gasteiger partial charge in [0.25, 0.3) is 0 Å². The molecule has 1 atom stereocenters. The number of halogens is 1. The van der Waals surface area contributed by atoms with E-state index < -0.39 is 0 Å². The van der Waals surface area contributed by atoms with Gasteiger partial charge in [-0.05, 0) is 51.1 Å². The maximum atomic E-state index is 3.71. The smallest absolute Gasteiger partial charge is 0.0413 e. The van der Waals surface area contributed by atoms with Crippen LogP contribution in [0.25, 0.3) is 0 Å². The summed E-state index contributed by atoms with van der Waals surface area (Å²) in [6.45, 7) is 5.63. The van der Waals surface area contributed by atoms with Crippen molar-refractivity contribution in [1.82, 2.24) is 5.32 Å². The topological polar surface area (TPSA) is 15.3 Å². The summed E-state index contributed by atoms with van der Waals surface area (Å²) < 4.78 is 1.28. The molecule has 2 nitrogen and oxygen atoms in total. The number of hydrogen-bond acceptors (Lipinski definition) is 2. The fourth-order valence-electron chi connectivity index (χ4n) is 2.72. The van der Waals surface area contributed by atoms with Crippen LogP contribution in [0.5, 0.6) is 0 Å². The molecule has 0 aromatic heterocycles. The molecular weight excluding hydrogens is 276 g/mol. The molecule has 1 unspecified atom stereocenters. The Bertz CT molecular complexity index is 378. The first-order chi connectivity index (χ1) is 8.27. The third-order valence-electron chi connectivity index (χ3n) is 3.58. The fraction of sp³-hybridized carbons (Fsp3) is 0.571. The Hall–Kier alpha value is -0.540. The molecule has 1 aliphatic heterocycles. The average Bonchev–Trinajstić information content (AvgIpc) is 2.69. The van der Waals surface area contributed by atoms with E-state index >= 15 is 0 Å². The zero-order chi connectivity index (χ0) is 12.3. The zero-order valence-electron chi connectivity index (χ0n) is 10.7. The first-order valence-electron chi connectivity index (χ1n) is 6.45. The van der Waals surface area contributed by atoms with Crippen molar-refractivity contribution >= 4 is 21.6 Å². The zero-order valence-corrected chi connectivity index (χ0v) is 12.3. The number of nitrogens with zero attached hydrogens (tertiary/aromatic N) is 1. The Morgan fingerprint density at radius 2 is 2.29 bits per heavy atom. The molecule has 0 saturated heterocycles. The number of nitrogens with one attached hydrogen (secondary N) is 1. The summed E-state index contributed by atoms with van der Waals surface area (Å²) in [4.78, 5) is 2.49. The van der Waals surface area contributed by atoms with E-state index in [-0.39, 0.29) is 0 Å². The highest BCUT2D eigenvalue weighted by molar-refractivity contribution is 9.10. The van der Waals surface area contributed by atoms with Gasteiger partial charge in [-0.2, -0.15) is 0 Å². The van der Waals surface area contributed by atoms with Gasteiger partial charge >= 0.3 is 0 Å². The second-order valence-corrected chi connectivity index (χ2v) is 5.51. The van der Waals surface area contributed by atoms with Crippen LogP contribution in [0.15, 0.2) is 22.7 Å². The molecule has 0 aliphatic carbocycles. The molecule has 1 heterocycles. The first kappa shape index (κ1) is 12.9. The van der Waals surface area contributed by atoms with Gasteiger partial charge in [-0.3, -0.25) is 0 Å². The number of rotatable bonds is 5. The van der Waals surface area contributed by atoms with E-state index in [0.29, 0.717) is 5.92 Å². The van der Waals surface area contributed by atoms with Crippen molar-refractivity contribution in [2.24, 2.45) is 0 Å². The Balaban J connectivity index is 2.17. The first-order valence-corrected chi connectivity index (χ1v) is 7.25. The molecule has 0 bridgehead atoms. The highest BCUT2D eigenvalue weighted by atomic mass is 79.9. The predicted molar refractivity (Wildman–Crippen MR) is 77.9 cm³/mol. The SMILES string of the molecule is CCN1CC(CCCNC)c2c(Br)cccc21. The number of anilines is 1. The van der Waals surface area contributed by atoms with E-state index in [1.807, 2.05) is 7.05 Å². The van der Waals surface area contributed by atoms with Gasteiger partial charge in [0.1, 0.15) is 0 Å². The monoisotopic (exact) mass is 296 g/mol. The number of hydrogen-bond donors (Lipinski definition) is 1. The van der Waals surface area contributed by atoms with Crippen LogP contribution in [-0.2, 0) is 0 Å². The van der Waals surface area contributed by atoms with Crippen LogP contribution >= 0.6 is 15.9 Å². The molecule has 1 aromatic rings. The standard InChI is InChI=1S/C14H21BrN2/c1-3-17-10-11(6-5-9-16-2)14-12(15)7-4-8-13(14)17/h4,7-8,11,16H,3,5-6,9-10H2,1-2H3. The summed E-state index contributed by atoms with van der Waals surface area (Å²) in [6, 6.07) is 6.56. The third kappa shape index (κ3) is 2.66. The fourth-order valence-corrected chi connectivity index (χ4v) is 3.40. The van der Waals surface area contributed by atoms with Crippen molar-refractivity contribution in [2.45, 2.75) is 25.7 Å². The van der Waals surface area contributed by atoms with Crippen molar-refractivity contribution in [2.75, 3.05) is 31.6 Å². The van der Waals surface area contributed by atoms with E-state index in [1.165, 1.54) is 35.1 Å². The average molecular weight is 297 g/mol. The van der Waals surface area contributed by atoms with E-state index in [9.17, 15) is 0 Å². The summed E-state index contributed by atoms with van der Waals surface area (Å²) in [7, 11) is 2.02.